The Bertz CT molecular complexity index is 414. The van der Waals surface area contributed by atoms with Crippen molar-refractivity contribution in [2.45, 2.75) is 44.8 Å². The maximum absolute atomic E-state index is 6.15. The number of ether oxygens (including phenoxy) is 1. The van der Waals surface area contributed by atoms with E-state index in [1.54, 1.807) is 0 Å². The van der Waals surface area contributed by atoms with E-state index in [-0.39, 0.29) is 11.2 Å². The predicted octanol–water partition coefficient (Wildman–Crippen LogP) is 3.59. The minimum absolute atomic E-state index is 0.0837. The van der Waals surface area contributed by atoms with Gasteiger partial charge in [0.05, 0.1) is 11.2 Å². The van der Waals surface area contributed by atoms with Gasteiger partial charge in [-0.15, -0.1) is 0 Å². The van der Waals surface area contributed by atoms with Crippen molar-refractivity contribution in [2.24, 2.45) is 0 Å². The number of benzene rings is 1. The van der Waals surface area contributed by atoms with Gasteiger partial charge in [0.2, 0.25) is 0 Å². The van der Waals surface area contributed by atoms with E-state index >= 15 is 0 Å². The molecule has 2 nitrogen and oxygen atoms in total. The molecule has 0 spiro atoms. The molecule has 112 valence electrons. The molecule has 0 amide bonds. The summed E-state index contributed by atoms with van der Waals surface area (Å²) >= 11 is 4.56. The van der Waals surface area contributed by atoms with Gasteiger partial charge in [0.1, 0.15) is 0 Å². The monoisotopic (exact) mass is 293 g/mol. The maximum Gasteiger partial charge on any atom is 0.0760 e. The van der Waals surface area contributed by atoms with E-state index in [1.807, 2.05) is 0 Å². The standard InChI is InChI=1S/C17H27NOS/c1-16(2)12-18(13-17(3,4)19-16)10-15(11-20)14-8-6-5-7-9-14/h5-9,15,20H,10-13H2,1-4H3. The molecule has 1 saturated heterocycles. The molecule has 1 atom stereocenters. The summed E-state index contributed by atoms with van der Waals surface area (Å²) in [6, 6.07) is 10.7. The Morgan fingerprint density at radius 2 is 1.65 bits per heavy atom. The average Bonchev–Trinajstić information content (AvgIpc) is 2.33. The van der Waals surface area contributed by atoms with Crippen molar-refractivity contribution in [1.29, 1.82) is 0 Å². The van der Waals surface area contributed by atoms with Crippen molar-refractivity contribution in [3.8, 4) is 0 Å². The van der Waals surface area contributed by atoms with Crippen molar-refractivity contribution < 1.29 is 4.74 Å². The van der Waals surface area contributed by atoms with Crippen molar-refractivity contribution in [3.05, 3.63) is 35.9 Å². The maximum atomic E-state index is 6.15. The Morgan fingerprint density at radius 1 is 1.10 bits per heavy atom. The molecule has 0 aromatic heterocycles. The molecule has 1 aliphatic rings. The fraction of sp³-hybridized carbons (Fsp3) is 0.647. The zero-order valence-corrected chi connectivity index (χ0v) is 14.0. The minimum atomic E-state index is -0.0837. The predicted molar refractivity (Wildman–Crippen MR) is 88.7 cm³/mol. The molecule has 1 aliphatic heterocycles. The molecule has 0 saturated carbocycles. The van der Waals surface area contributed by atoms with E-state index < -0.39 is 0 Å². The van der Waals surface area contributed by atoms with E-state index in [2.05, 4.69) is 75.6 Å². The fourth-order valence-electron chi connectivity index (χ4n) is 3.38. The second-order valence-corrected chi connectivity index (χ2v) is 7.45. The summed E-state index contributed by atoms with van der Waals surface area (Å²) < 4.78 is 6.15. The number of hydrogen-bond acceptors (Lipinski definition) is 3. The Labute approximate surface area is 128 Å². The molecular weight excluding hydrogens is 266 g/mol. The Kier molecular flexibility index (Phi) is 4.83. The van der Waals surface area contributed by atoms with Crippen LogP contribution in [0.2, 0.25) is 0 Å². The van der Waals surface area contributed by atoms with E-state index in [1.165, 1.54) is 5.56 Å². The summed E-state index contributed by atoms with van der Waals surface area (Å²) in [5.74, 6) is 1.35. The lowest BCUT2D eigenvalue weighted by molar-refractivity contribution is -0.180. The highest BCUT2D eigenvalue weighted by atomic mass is 32.1. The lowest BCUT2D eigenvalue weighted by Gasteiger charge is -2.48. The van der Waals surface area contributed by atoms with Crippen LogP contribution in [0.5, 0.6) is 0 Å². The highest BCUT2D eigenvalue weighted by Crippen LogP contribution is 2.30. The van der Waals surface area contributed by atoms with Gasteiger partial charge in [0, 0.05) is 25.6 Å². The zero-order chi connectivity index (χ0) is 14.8. The quantitative estimate of drug-likeness (QED) is 0.852. The molecule has 1 unspecified atom stereocenters. The van der Waals surface area contributed by atoms with Crippen LogP contribution in [0.4, 0.5) is 0 Å². The molecule has 1 fully saturated rings. The van der Waals surface area contributed by atoms with Gasteiger partial charge in [-0.2, -0.15) is 12.6 Å². The molecule has 0 bridgehead atoms. The first-order chi connectivity index (χ1) is 9.31. The molecule has 1 heterocycles. The Hall–Kier alpha value is -0.510. The van der Waals surface area contributed by atoms with E-state index in [4.69, 9.17) is 4.74 Å². The van der Waals surface area contributed by atoms with Gasteiger partial charge in [-0.1, -0.05) is 30.3 Å². The van der Waals surface area contributed by atoms with Gasteiger partial charge in [-0.25, -0.2) is 0 Å². The first kappa shape index (κ1) is 15.9. The zero-order valence-electron chi connectivity index (χ0n) is 13.1. The second-order valence-electron chi connectivity index (χ2n) is 7.08. The van der Waals surface area contributed by atoms with Crippen molar-refractivity contribution in [3.63, 3.8) is 0 Å². The van der Waals surface area contributed by atoms with Crippen LogP contribution in [0.25, 0.3) is 0 Å². The van der Waals surface area contributed by atoms with E-state index in [9.17, 15) is 0 Å². The third kappa shape index (κ3) is 4.24. The number of morpholine rings is 1. The van der Waals surface area contributed by atoms with E-state index in [0.29, 0.717) is 5.92 Å². The summed E-state index contributed by atoms with van der Waals surface area (Å²) in [5, 5.41) is 0. The van der Waals surface area contributed by atoms with Gasteiger partial charge >= 0.3 is 0 Å². The summed E-state index contributed by atoms with van der Waals surface area (Å²) in [5.41, 5.74) is 1.21. The third-order valence-corrected chi connectivity index (χ3v) is 4.17. The van der Waals surface area contributed by atoms with Crippen molar-refractivity contribution in [2.75, 3.05) is 25.4 Å². The molecule has 20 heavy (non-hydrogen) atoms. The summed E-state index contributed by atoms with van der Waals surface area (Å²) in [4.78, 5) is 2.53. The molecule has 3 heteroatoms. The molecular formula is C17H27NOS. The van der Waals surface area contributed by atoms with Gasteiger partial charge in [-0.05, 0) is 39.0 Å². The molecule has 2 rings (SSSR count). The average molecular weight is 293 g/mol. The van der Waals surface area contributed by atoms with Gasteiger partial charge in [0.15, 0.2) is 0 Å². The van der Waals surface area contributed by atoms with Crippen LogP contribution in [-0.2, 0) is 4.74 Å². The van der Waals surface area contributed by atoms with Crippen LogP contribution < -0.4 is 0 Å². The topological polar surface area (TPSA) is 12.5 Å². The molecule has 0 radical (unpaired) electrons. The summed E-state index contributed by atoms with van der Waals surface area (Å²) in [6.07, 6.45) is 0. The normalized spacial score (nSPS) is 23.4. The largest absolute Gasteiger partial charge is 0.367 e. The van der Waals surface area contributed by atoms with Crippen LogP contribution in [-0.4, -0.2) is 41.5 Å². The summed E-state index contributed by atoms with van der Waals surface area (Å²) in [7, 11) is 0. The minimum Gasteiger partial charge on any atom is -0.367 e. The van der Waals surface area contributed by atoms with Gasteiger partial charge in [-0.3, -0.25) is 4.90 Å². The molecule has 0 aliphatic carbocycles. The Morgan fingerprint density at radius 3 is 2.15 bits per heavy atom. The summed E-state index contributed by atoms with van der Waals surface area (Å²) in [6.45, 7) is 11.7. The van der Waals surface area contributed by atoms with E-state index in [0.717, 1.165) is 25.4 Å². The first-order valence-electron chi connectivity index (χ1n) is 7.40. The van der Waals surface area contributed by atoms with Crippen LogP contribution >= 0.6 is 12.6 Å². The van der Waals surface area contributed by atoms with Gasteiger partial charge < -0.3 is 4.74 Å². The first-order valence-corrected chi connectivity index (χ1v) is 8.03. The van der Waals surface area contributed by atoms with Crippen LogP contribution in [0.1, 0.15) is 39.2 Å². The number of nitrogens with zero attached hydrogens (tertiary/aromatic N) is 1. The van der Waals surface area contributed by atoms with Crippen molar-refractivity contribution in [1.82, 2.24) is 4.90 Å². The third-order valence-electron chi connectivity index (χ3n) is 3.73. The lowest BCUT2D eigenvalue weighted by Crippen LogP contribution is -2.57. The highest BCUT2D eigenvalue weighted by Gasteiger charge is 2.38. The van der Waals surface area contributed by atoms with Crippen LogP contribution in [0, 0.1) is 0 Å². The van der Waals surface area contributed by atoms with Crippen LogP contribution in [0.3, 0.4) is 0 Å². The fourth-order valence-corrected chi connectivity index (χ4v) is 3.71. The smallest absolute Gasteiger partial charge is 0.0760 e. The molecule has 1 aromatic carbocycles. The number of rotatable bonds is 4. The SMILES string of the molecule is CC1(C)CN(CC(CS)c2ccccc2)CC(C)(C)O1. The molecule has 0 N–H and O–H groups in total. The molecule has 1 aromatic rings. The van der Waals surface area contributed by atoms with Crippen molar-refractivity contribution >= 4 is 12.6 Å². The highest BCUT2D eigenvalue weighted by molar-refractivity contribution is 7.80. The number of thiol groups is 1. The van der Waals surface area contributed by atoms with Gasteiger partial charge in [0.25, 0.3) is 0 Å². The van der Waals surface area contributed by atoms with Crippen LogP contribution in [0.15, 0.2) is 30.3 Å². The number of hydrogen-bond donors (Lipinski definition) is 1. The second kappa shape index (κ2) is 6.08. The Balaban J connectivity index is 2.08. The lowest BCUT2D eigenvalue weighted by atomic mass is 9.95.